The van der Waals surface area contributed by atoms with Gasteiger partial charge >= 0.3 is 0 Å². The number of amides is 1. The Bertz CT molecular complexity index is 735. The third-order valence-electron chi connectivity index (χ3n) is 4.11. The molecule has 5 heteroatoms. The molecule has 0 unspecified atom stereocenters. The van der Waals surface area contributed by atoms with Crippen LogP contribution in [0.4, 0.5) is 0 Å². The van der Waals surface area contributed by atoms with Crippen LogP contribution in [0.15, 0.2) is 53.6 Å². The van der Waals surface area contributed by atoms with Gasteiger partial charge in [-0.15, -0.1) is 11.8 Å². The van der Waals surface area contributed by atoms with Crippen LogP contribution in [0.5, 0.6) is 0 Å². The van der Waals surface area contributed by atoms with Crippen LogP contribution in [0.1, 0.15) is 37.1 Å². The van der Waals surface area contributed by atoms with Gasteiger partial charge in [-0.3, -0.25) is 9.78 Å². The van der Waals surface area contributed by atoms with Gasteiger partial charge in [0.25, 0.3) is 0 Å². The summed E-state index contributed by atoms with van der Waals surface area (Å²) < 4.78 is 0. The number of hydrogen-bond donors (Lipinski definition) is 0. The number of rotatable bonds is 6. The summed E-state index contributed by atoms with van der Waals surface area (Å²) >= 11 is 1.51. The van der Waals surface area contributed by atoms with Crippen LogP contribution < -0.4 is 0 Å². The van der Waals surface area contributed by atoms with Gasteiger partial charge in [0.2, 0.25) is 5.91 Å². The fourth-order valence-electron chi connectivity index (χ4n) is 2.70. The zero-order valence-electron chi connectivity index (χ0n) is 13.6. The number of hydrogen-bond acceptors (Lipinski definition) is 4. The lowest BCUT2D eigenvalue weighted by atomic mass is 10.1. The van der Waals surface area contributed by atoms with Crippen molar-refractivity contribution in [2.75, 3.05) is 5.75 Å². The van der Waals surface area contributed by atoms with E-state index in [0.717, 1.165) is 23.4 Å². The van der Waals surface area contributed by atoms with Crippen molar-refractivity contribution >= 4 is 17.7 Å². The molecular weight excluding hydrogens is 318 g/mol. The molecule has 24 heavy (non-hydrogen) atoms. The second-order valence-corrected chi connectivity index (χ2v) is 6.94. The van der Waals surface area contributed by atoms with E-state index < -0.39 is 0 Å². The van der Waals surface area contributed by atoms with Crippen molar-refractivity contribution in [3.63, 3.8) is 0 Å². The molecule has 0 saturated heterocycles. The normalized spacial score (nSPS) is 14.7. The molecule has 1 atom stereocenters. The van der Waals surface area contributed by atoms with Crippen LogP contribution in [0.2, 0.25) is 0 Å². The second-order valence-electron chi connectivity index (χ2n) is 5.89. The first kappa shape index (κ1) is 16.5. The van der Waals surface area contributed by atoms with Gasteiger partial charge in [0, 0.05) is 17.1 Å². The molecular formula is C19H19N3OS. The molecule has 1 amide bonds. The number of pyridine rings is 1. The molecule has 0 aliphatic heterocycles. The van der Waals surface area contributed by atoms with E-state index in [1.165, 1.54) is 11.8 Å². The van der Waals surface area contributed by atoms with E-state index in [9.17, 15) is 4.79 Å². The molecule has 2 aromatic rings. The SMILES string of the molecule is C[C@H](c1ccccn1)N(C(=O)CSc1ccc(C#N)cc1)C1CC1. The number of thioether (sulfide) groups is 1. The van der Waals surface area contributed by atoms with Crippen LogP contribution >= 0.6 is 11.8 Å². The third-order valence-corrected chi connectivity index (χ3v) is 5.10. The Morgan fingerprint density at radius 3 is 2.67 bits per heavy atom. The summed E-state index contributed by atoms with van der Waals surface area (Å²) in [5.41, 5.74) is 1.56. The Morgan fingerprint density at radius 2 is 2.08 bits per heavy atom. The zero-order valence-corrected chi connectivity index (χ0v) is 14.4. The van der Waals surface area contributed by atoms with E-state index in [0.29, 0.717) is 17.4 Å². The first-order valence-corrected chi connectivity index (χ1v) is 9.02. The molecule has 0 bridgehead atoms. The van der Waals surface area contributed by atoms with Crippen molar-refractivity contribution in [3.8, 4) is 6.07 Å². The maximum atomic E-state index is 12.8. The minimum Gasteiger partial charge on any atom is -0.331 e. The topological polar surface area (TPSA) is 57.0 Å². The molecule has 1 heterocycles. The van der Waals surface area contributed by atoms with Gasteiger partial charge < -0.3 is 4.90 Å². The van der Waals surface area contributed by atoms with Gasteiger partial charge in [-0.05, 0) is 56.2 Å². The average molecular weight is 337 g/mol. The van der Waals surface area contributed by atoms with Gasteiger partial charge in [0.15, 0.2) is 0 Å². The standard InChI is InChI=1S/C19H19N3OS/c1-14(18-4-2-3-11-21-18)22(16-7-8-16)19(23)13-24-17-9-5-15(12-20)6-10-17/h2-6,9-11,14,16H,7-8,13H2,1H3/t14-/m1/s1. The van der Waals surface area contributed by atoms with Crippen LogP contribution in [-0.2, 0) is 4.79 Å². The predicted molar refractivity (Wildman–Crippen MR) is 94.4 cm³/mol. The molecule has 1 fully saturated rings. The van der Waals surface area contributed by atoms with Crippen LogP contribution in [0.3, 0.4) is 0 Å². The Labute approximate surface area is 146 Å². The first-order valence-electron chi connectivity index (χ1n) is 8.04. The third kappa shape index (κ3) is 3.95. The predicted octanol–water partition coefficient (Wildman–Crippen LogP) is 3.80. The minimum absolute atomic E-state index is 0.00670. The Hall–Kier alpha value is -2.32. The number of nitrogens with zero attached hydrogens (tertiary/aromatic N) is 3. The summed E-state index contributed by atoms with van der Waals surface area (Å²) in [6.07, 6.45) is 3.92. The van der Waals surface area contributed by atoms with Gasteiger partial charge in [-0.2, -0.15) is 5.26 Å². The van der Waals surface area contributed by atoms with Crippen molar-refractivity contribution < 1.29 is 4.79 Å². The smallest absolute Gasteiger partial charge is 0.233 e. The molecule has 1 aliphatic rings. The molecule has 122 valence electrons. The first-order chi connectivity index (χ1) is 11.7. The van der Waals surface area contributed by atoms with Gasteiger partial charge in [-0.25, -0.2) is 0 Å². The summed E-state index contributed by atoms with van der Waals surface area (Å²) in [5.74, 6) is 0.546. The van der Waals surface area contributed by atoms with E-state index in [4.69, 9.17) is 5.26 Å². The van der Waals surface area contributed by atoms with Crippen LogP contribution in [0, 0.1) is 11.3 Å². The highest BCUT2D eigenvalue weighted by Crippen LogP contribution is 2.34. The monoisotopic (exact) mass is 337 g/mol. The highest BCUT2D eigenvalue weighted by molar-refractivity contribution is 8.00. The molecule has 1 aromatic carbocycles. The number of benzene rings is 1. The largest absolute Gasteiger partial charge is 0.331 e. The summed E-state index contributed by atoms with van der Waals surface area (Å²) in [4.78, 5) is 20.1. The summed E-state index contributed by atoms with van der Waals surface area (Å²) in [5, 5.41) is 8.83. The van der Waals surface area contributed by atoms with E-state index >= 15 is 0 Å². The highest BCUT2D eigenvalue weighted by Gasteiger charge is 2.36. The Morgan fingerprint density at radius 1 is 1.33 bits per heavy atom. The van der Waals surface area contributed by atoms with Gasteiger partial charge in [0.05, 0.1) is 29.1 Å². The lowest BCUT2D eigenvalue weighted by Crippen LogP contribution is -2.37. The quantitative estimate of drug-likeness (QED) is 0.752. The molecule has 3 rings (SSSR count). The average Bonchev–Trinajstić information content (AvgIpc) is 3.46. The molecule has 4 nitrogen and oxygen atoms in total. The number of carbonyl (C=O) groups excluding carboxylic acids is 1. The van der Waals surface area contributed by atoms with Crippen molar-refractivity contribution in [3.05, 3.63) is 59.9 Å². The van der Waals surface area contributed by atoms with E-state index in [1.807, 2.05) is 42.2 Å². The fourth-order valence-corrected chi connectivity index (χ4v) is 3.47. The summed E-state index contributed by atoms with van der Waals surface area (Å²) in [6, 6.07) is 15.6. The second kappa shape index (κ2) is 7.50. The number of nitriles is 1. The maximum absolute atomic E-state index is 12.8. The van der Waals surface area contributed by atoms with Crippen molar-refractivity contribution in [1.82, 2.24) is 9.88 Å². The number of carbonyl (C=O) groups is 1. The van der Waals surface area contributed by atoms with E-state index in [2.05, 4.69) is 11.1 Å². The molecule has 0 spiro atoms. The van der Waals surface area contributed by atoms with Crippen molar-refractivity contribution in [1.29, 1.82) is 5.26 Å². The van der Waals surface area contributed by atoms with Crippen LogP contribution in [-0.4, -0.2) is 27.6 Å². The van der Waals surface area contributed by atoms with E-state index in [1.54, 1.807) is 18.3 Å². The fraction of sp³-hybridized carbons (Fsp3) is 0.316. The van der Waals surface area contributed by atoms with Gasteiger partial charge in [-0.1, -0.05) is 6.07 Å². The van der Waals surface area contributed by atoms with E-state index in [-0.39, 0.29) is 11.9 Å². The summed E-state index contributed by atoms with van der Waals surface area (Å²) in [7, 11) is 0. The molecule has 1 aliphatic carbocycles. The van der Waals surface area contributed by atoms with Crippen molar-refractivity contribution in [2.24, 2.45) is 0 Å². The molecule has 1 saturated carbocycles. The lowest BCUT2D eigenvalue weighted by molar-refractivity contribution is -0.131. The minimum atomic E-state index is -0.00670. The molecule has 1 aromatic heterocycles. The summed E-state index contributed by atoms with van der Waals surface area (Å²) in [6.45, 7) is 2.05. The Kier molecular flexibility index (Phi) is 5.17. The zero-order chi connectivity index (χ0) is 16.9. The Balaban J connectivity index is 1.65. The lowest BCUT2D eigenvalue weighted by Gasteiger charge is -2.29. The highest BCUT2D eigenvalue weighted by atomic mass is 32.2. The van der Waals surface area contributed by atoms with Crippen LogP contribution in [0.25, 0.3) is 0 Å². The van der Waals surface area contributed by atoms with Crippen molar-refractivity contribution in [2.45, 2.75) is 36.7 Å². The molecule has 0 radical (unpaired) electrons. The number of aromatic nitrogens is 1. The molecule has 0 N–H and O–H groups in total. The maximum Gasteiger partial charge on any atom is 0.233 e. The van der Waals surface area contributed by atoms with Gasteiger partial charge in [0.1, 0.15) is 0 Å².